The van der Waals surface area contributed by atoms with Gasteiger partial charge in [-0.25, -0.2) is 4.79 Å². The van der Waals surface area contributed by atoms with Crippen molar-refractivity contribution in [3.05, 3.63) is 12.2 Å². The summed E-state index contributed by atoms with van der Waals surface area (Å²) in [6, 6.07) is -0.687. The average Bonchev–Trinajstić information content (AvgIpc) is 3.14. The van der Waals surface area contributed by atoms with E-state index in [9.17, 15) is 42.6 Å². The number of aliphatic hydroxyl groups is 2. The number of amides is 5. The van der Waals surface area contributed by atoms with E-state index in [4.69, 9.17) is 4.74 Å². The van der Waals surface area contributed by atoms with Gasteiger partial charge < -0.3 is 25.6 Å². The van der Waals surface area contributed by atoms with Gasteiger partial charge >= 0.3 is 18.1 Å². The Morgan fingerprint density at radius 1 is 1.15 bits per heavy atom. The van der Waals surface area contributed by atoms with Crippen LogP contribution in [0.25, 0.3) is 0 Å². The van der Waals surface area contributed by atoms with Crippen molar-refractivity contribution in [1.82, 2.24) is 20.9 Å². The van der Waals surface area contributed by atoms with E-state index in [2.05, 4.69) is 10.6 Å². The van der Waals surface area contributed by atoms with E-state index < -0.39 is 60.9 Å². The van der Waals surface area contributed by atoms with E-state index in [1.165, 1.54) is 17.1 Å². The number of ether oxygens (including phenoxy) is 1. The molecule has 0 aromatic heterocycles. The van der Waals surface area contributed by atoms with E-state index in [1.807, 2.05) is 0 Å². The Morgan fingerprint density at radius 2 is 1.79 bits per heavy atom. The maximum absolute atomic E-state index is 12.1. The fraction of sp³-hybridized carbons (Fsp3) is 0.700. The van der Waals surface area contributed by atoms with Crippen molar-refractivity contribution >= 4 is 23.8 Å². The van der Waals surface area contributed by atoms with E-state index in [-0.39, 0.29) is 19.5 Å². The quantitative estimate of drug-likeness (QED) is 0.192. The van der Waals surface area contributed by atoms with Gasteiger partial charge in [0.05, 0.1) is 18.6 Å². The molecular formula is C20H29F3N4O7. The molecule has 192 valence electrons. The number of alkyl halides is 3. The lowest BCUT2D eigenvalue weighted by Gasteiger charge is -2.34. The molecular weight excluding hydrogens is 465 g/mol. The smallest absolute Gasteiger partial charge is 0.394 e. The number of urea groups is 1. The second-order valence-corrected chi connectivity index (χ2v) is 7.99. The van der Waals surface area contributed by atoms with E-state index in [1.54, 1.807) is 5.32 Å². The molecule has 0 saturated carbocycles. The lowest BCUT2D eigenvalue weighted by atomic mass is 10.0. The molecule has 4 unspecified atom stereocenters. The molecule has 2 aliphatic rings. The van der Waals surface area contributed by atoms with Gasteiger partial charge in [0.25, 0.3) is 0 Å². The van der Waals surface area contributed by atoms with Gasteiger partial charge in [-0.3, -0.25) is 24.6 Å². The molecule has 0 radical (unpaired) electrons. The summed E-state index contributed by atoms with van der Waals surface area (Å²) in [6.45, 7) is -0.239. The number of nitrogens with one attached hydrogen (secondary N) is 3. The average molecular weight is 494 g/mol. The largest absolute Gasteiger partial charge is 0.471 e. The number of imide groups is 1. The first-order valence-corrected chi connectivity index (χ1v) is 10.9. The van der Waals surface area contributed by atoms with Crippen LogP contribution in [0.1, 0.15) is 32.1 Å². The number of halogens is 3. The first-order valence-electron chi connectivity index (χ1n) is 10.9. The van der Waals surface area contributed by atoms with Crippen LogP contribution in [-0.2, 0) is 19.1 Å². The summed E-state index contributed by atoms with van der Waals surface area (Å²) >= 11 is 0. The topological polar surface area (TPSA) is 157 Å². The van der Waals surface area contributed by atoms with Gasteiger partial charge in [0.2, 0.25) is 11.8 Å². The monoisotopic (exact) mass is 494 g/mol. The van der Waals surface area contributed by atoms with Gasteiger partial charge in [-0.2, -0.15) is 13.2 Å². The van der Waals surface area contributed by atoms with Crippen LogP contribution >= 0.6 is 0 Å². The van der Waals surface area contributed by atoms with Crippen LogP contribution < -0.4 is 16.0 Å². The van der Waals surface area contributed by atoms with Gasteiger partial charge in [-0.15, -0.1) is 0 Å². The molecule has 0 spiro atoms. The fourth-order valence-electron chi connectivity index (χ4n) is 3.50. The molecule has 11 nitrogen and oxygen atoms in total. The Morgan fingerprint density at radius 3 is 2.38 bits per heavy atom. The molecule has 5 amide bonds. The van der Waals surface area contributed by atoms with Crippen molar-refractivity contribution in [3.63, 3.8) is 0 Å². The van der Waals surface area contributed by atoms with Crippen molar-refractivity contribution < 1.29 is 47.3 Å². The second-order valence-electron chi connectivity index (χ2n) is 7.99. The van der Waals surface area contributed by atoms with Gasteiger partial charge in [-0.1, -0.05) is 18.9 Å². The SMILES string of the molecule is O=C(C=CC1CN(C2CC(O)C(CO)O2)C(=O)NC1=O)NCCCCCCNC(=O)C(F)(F)F. The minimum Gasteiger partial charge on any atom is -0.394 e. The predicted molar refractivity (Wildman–Crippen MR) is 110 cm³/mol. The van der Waals surface area contributed by atoms with E-state index >= 15 is 0 Å². The Labute approximate surface area is 193 Å². The fourth-order valence-corrected chi connectivity index (χ4v) is 3.50. The van der Waals surface area contributed by atoms with E-state index in [0.717, 1.165) is 0 Å². The van der Waals surface area contributed by atoms with Crippen molar-refractivity contribution in [2.45, 2.75) is 56.7 Å². The van der Waals surface area contributed by atoms with Crippen LogP contribution in [0.3, 0.4) is 0 Å². The number of unbranched alkanes of at least 4 members (excludes halogenated alkanes) is 3. The Balaban J connectivity index is 1.66. The van der Waals surface area contributed by atoms with Crippen LogP contribution in [-0.4, -0.2) is 89.7 Å². The summed E-state index contributed by atoms with van der Waals surface area (Å²) < 4.78 is 41.5. The zero-order valence-corrected chi connectivity index (χ0v) is 18.3. The highest BCUT2D eigenvalue weighted by atomic mass is 19.4. The number of hydrogen-bond donors (Lipinski definition) is 5. The Bertz CT molecular complexity index is 778. The van der Waals surface area contributed by atoms with Gasteiger partial charge in [-0.05, 0) is 18.9 Å². The molecule has 34 heavy (non-hydrogen) atoms. The molecule has 2 fully saturated rings. The standard InChI is InChI=1S/C20H29F3N4O7/c21-20(22,23)18(32)25-8-4-2-1-3-7-24-15(30)6-5-12-10-27(19(33)26-17(12)31)16-9-13(29)14(11-28)34-16/h5-6,12-14,16,28-29H,1-4,7-11H2,(H,24,30)(H,25,32)(H,26,31,33). The highest BCUT2D eigenvalue weighted by molar-refractivity contribution is 5.99. The van der Waals surface area contributed by atoms with Crippen LogP contribution in [0.4, 0.5) is 18.0 Å². The summed E-state index contributed by atoms with van der Waals surface area (Å²) in [4.78, 5) is 48.1. The normalized spacial score (nSPS) is 25.5. The molecule has 2 saturated heterocycles. The lowest BCUT2D eigenvalue weighted by Crippen LogP contribution is -2.57. The number of aliphatic hydroxyl groups excluding tert-OH is 2. The molecule has 5 N–H and O–H groups in total. The van der Waals surface area contributed by atoms with Crippen molar-refractivity contribution in [3.8, 4) is 0 Å². The molecule has 2 heterocycles. The lowest BCUT2D eigenvalue weighted by molar-refractivity contribution is -0.173. The number of hydrogen-bond acceptors (Lipinski definition) is 7. The molecule has 14 heteroatoms. The zero-order chi connectivity index (χ0) is 25.3. The minimum absolute atomic E-state index is 0.0607. The predicted octanol–water partition coefficient (Wildman–Crippen LogP) is -0.466. The molecule has 4 atom stereocenters. The summed E-state index contributed by atoms with van der Waals surface area (Å²) in [5, 5.41) is 25.6. The zero-order valence-electron chi connectivity index (χ0n) is 18.3. The first kappa shape index (κ1) is 27.5. The van der Waals surface area contributed by atoms with Crippen LogP contribution in [0, 0.1) is 5.92 Å². The van der Waals surface area contributed by atoms with Crippen molar-refractivity contribution in [1.29, 1.82) is 0 Å². The molecule has 0 aromatic rings. The molecule has 0 aliphatic carbocycles. The number of carbonyl (C=O) groups excluding carboxylic acids is 4. The summed E-state index contributed by atoms with van der Waals surface area (Å²) in [6.07, 6.45) is -2.71. The number of nitrogens with zero attached hydrogens (tertiary/aromatic N) is 1. The first-order chi connectivity index (χ1) is 16.0. The maximum atomic E-state index is 12.1. The second kappa shape index (κ2) is 12.7. The third-order valence-electron chi connectivity index (χ3n) is 5.38. The Hall–Kier alpha value is -2.71. The highest BCUT2D eigenvalue weighted by Crippen LogP contribution is 2.25. The minimum atomic E-state index is -4.89. The molecule has 2 rings (SSSR count). The van der Waals surface area contributed by atoms with Gasteiger partial charge in [0, 0.05) is 26.1 Å². The van der Waals surface area contributed by atoms with Crippen LogP contribution in [0.15, 0.2) is 12.2 Å². The van der Waals surface area contributed by atoms with Gasteiger partial charge in [0.15, 0.2) is 0 Å². The molecule has 2 aliphatic heterocycles. The third kappa shape index (κ3) is 8.25. The summed E-state index contributed by atoms with van der Waals surface area (Å²) in [7, 11) is 0. The molecule has 0 aromatic carbocycles. The summed E-state index contributed by atoms with van der Waals surface area (Å²) in [5.74, 6) is -3.82. The summed E-state index contributed by atoms with van der Waals surface area (Å²) in [5.41, 5.74) is 0. The van der Waals surface area contributed by atoms with Gasteiger partial charge in [0.1, 0.15) is 12.3 Å². The van der Waals surface area contributed by atoms with Crippen molar-refractivity contribution in [2.75, 3.05) is 26.2 Å². The number of rotatable bonds is 11. The molecule has 0 bridgehead atoms. The van der Waals surface area contributed by atoms with Crippen LogP contribution in [0.5, 0.6) is 0 Å². The van der Waals surface area contributed by atoms with Crippen LogP contribution in [0.2, 0.25) is 0 Å². The van der Waals surface area contributed by atoms with Crippen molar-refractivity contribution in [2.24, 2.45) is 5.92 Å². The maximum Gasteiger partial charge on any atom is 0.471 e. The highest BCUT2D eigenvalue weighted by Gasteiger charge is 2.42. The number of carbonyl (C=O) groups is 4. The Kier molecular flexibility index (Phi) is 10.3. The van der Waals surface area contributed by atoms with E-state index in [0.29, 0.717) is 32.2 Å². The third-order valence-corrected chi connectivity index (χ3v) is 5.38.